The van der Waals surface area contributed by atoms with E-state index in [1.54, 1.807) is 23.1 Å². The summed E-state index contributed by atoms with van der Waals surface area (Å²) in [5.74, 6) is -1.12. The second kappa shape index (κ2) is 9.74. The van der Waals surface area contributed by atoms with Crippen molar-refractivity contribution in [1.29, 1.82) is 0 Å². The fourth-order valence-electron chi connectivity index (χ4n) is 3.08. The molecule has 1 atom stereocenters. The number of nitrogens with zero attached hydrogens (tertiary/aromatic N) is 1. The van der Waals surface area contributed by atoms with Crippen molar-refractivity contribution in [1.82, 2.24) is 5.32 Å². The monoisotopic (exact) mass is 407 g/mol. The van der Waals surface area contributed by atoms with Crippen molar-refractivity contribution in [2.45, 2.75) is 19.9 Å². The minimum Gasteiger partial charge on any atom is -0.325 e. The fourth-order valence-corrected chi connectivity index (χ4v) is 3.27. The molecule has 1 heterocycles. The molecule has 1 aliphatic rings. The zero-order valence-corrected chi connectivity index (χ0v) is 16.6. The van der Waals surface area contributed by atoms with Gasteiger partial charge in [-0.1, -0.05) is 36.7 Å². The van der Waals surface area contributed by atoms with Gasteiger partial charge in [0.15, 0.2) is 0 Å². The summed E-state index contributed by atoms with van der Waals surface area (Å²) in [7, 11) is 0. The minimum absolute atomic E-state index is 0. The SMILES string of the molecule is CCNCc1cccc(NC(=O)C2CCN(c3cccc(Cl)c3)C2=O)c1.Cl. The number of hydrogen-bond acceptors (Lipinski definition) is 3. The van der Waals surface area contributed by atoms with Crippen molar-refractivity contribution in [3.8, 4) is 0 Å². The van der Waals surface area contributed by atoms with E-state index in [1.165, 1.54) is 0 Å². The third-order valence-electron chi connectivity index (χ3n) is 4.42. The molecule has 0 saturated carbocycles. The largest absolute Gasteiger partial charge is 0.325 e. The Morgan fingerprint density at radius 1 is 1.22 bits per heavy atom. The Morgan fingerprint density at radius 2 is 2.00 bits per heavy atom. The number of amides is 2. The van der Waals surface area contributed by atoms with E-state index in [0.717, 1.165) is 24.3 Å². The zero-order valence-electron chi connectivity index (χ0n) is 15.1. The lowest BCUT2D eigenvalue weighted by Crippen LogP contribution is -2.33. The van der Waals surface area contributed by atoms with Crippen molar-refractivity contribution in [3.63, 3.8) is 0 Å². The van der Waals surface area contributed by atoms with Crippen molar-refractivity contribution >= 4 is 47.2 Å². The summed E-state index contributed by atoms with van der Waals surface area (Å²) in [6.07, 6.45) is 0.494. The van der Waals surface area contributed by atoms with Gasteiger partial charge in [0.2, 0.25) is 11.8 Å². The number of nitrogens with one attached hydrogen (secondary N) is 2. The zero-order chi connectivity index (χ0) is 18.5. The molecule has 1 saturated heterocycles. The molecule has 2 N–H and O–H groups in total. The van der Waals surface area contributed by atoms with Gasteiger partial charge in [-0.15, -0.1) is 12.4 Å². The number of carbonyl (C=O) groups is 2. The topological polar surface area (TPSA) is 61.4 Å². The van der Waals surface area contributed by atoms with Crippen LogP contribution in [0.1, 0.15) is 18.9 Å². The van der Waals surface area contributed by atoms with Crippen LogP contribution in [0.25, 0.3) is 0 Å². The Balaban J connectivity index is 0.00000261. The highest BCUT2D eigenvalue weighted by Crippen LogP contribution is 2.28. The van der Waals surface area contributed by atoms with Gasteiger partial charge in [0.05, 0.1) is 0 Å². The van der Waals surface area contributed by atoms with Crippen LogP contribution >= 0.6 is 24.0 Å². The van der Waals surface area contributed by atoms with Crippen LogP contribution in [-0.4, -0.2) is 24.9 Å². The fraction of sp³-hybridized carbons (Fsp3) is 0.300. The molecular formula is C20H23Cl2N3O2. The number of rotatable bonds is 6. The van der Waals surface area contributed by atoms with E-state index < -0.39 is 5.92 Å². The van der Waals surface area contributed by atoms with E-state index in [2.05, 4.69) is 10.6 Å². The molecule has 2 amide bonds. The van der Waals surface area contributed by atoms with Gasteiger partial charge in [0.1, 0.15) is 5.92 Å². The normalized spacial score (nSPS) is 16.1. The highest BCUT2D eigenvalue weighted by molar-refractivity contribution is 6.31. The van der Waals surface area contributed by atoms with Gasteiger partial charge < -0.3 is 15.5 Å². The average molecular weight is 408 g/mol. The molecule has 0 aromatic heterocycles. The van der Waals surface area contributed by atoms with Crippen molar-refractivity contribution in [2.24, 2.45) is 5.92 Å². The maximum absolute atomic E-state index is 12.7. The summed E-state index contributed by atoms with van der Waals surface area (Å²) in [5.41, 5.74) is 2.52. The smallest absolute Gasteiger partial charge is 0.239 e. The van der Waals surface area contributed by atoms with E-state index in [9.17, 15) is 9.59 Å². The van der Waals surface area contributed by atoms with Gasteiger partial charge >= 0.3 is 0 Å². The highest BCUT2D eigenvalue weighted by Gasteiger charge is 2.37. The molecule has 0 spiro atoms. The minimum atomic E-state index is -0.675. The van der Waals surface area contributed by atoms with Crippen LogP contribution in [0.3, 0.4) is 0 Å². The molecule has 27 heavy (non-hydrogen) atoms. The van der Waals surface area contributed by atoms with Crippen LogP contribution in [0.15, 0.2) is 48.5 Å². The second-order valence-electron chi connectivity index (χ2n) is 6.28. The van der Waals surface area contributed by atoms with Crippen molar-refractivity contribution < 1.29 is 9.59 Å². The summed E-state index contributed by atoms with van der Waals surface area (Å²) in [5, 5.41) is 6.70. The molecule has 0 bridgehead atoms. The lowest BCUT2D eigenvalue weighted by atomic mass is 10.1. The first-order valence-corrected chi connectivity index (χ1v) is 9.13. The number of halogens is 2. The predicted octanol–water partition coefficient (Wildman–Crippen LogP) is 3.86. The third kappa shape index (κ3) is 5.22. The molecule has 7 heteroatoms. The predicted molar refractivity (Wildman–Crippen MR) is 112 cm³/mol. The van der Waals surface area contributed by atoms with Gasteiger partial charge in [-0.05, 0) is 48.9 Å². The Hall–Kier alpha value is -2.08. The first kappa shape index (κ1) is 21.2. The molecular weight excluding hydrogens is 385 g/mol. The van der Waals surface area contributed by atoms with Crippen LogP contribution in [0.4, 0.5) is 11.4 Å². The van der Waals surface area contributed by atoms with E-state index in [4.69, 9.17) is 11.6 Å². The summed E-state index contributed by atoms with van der Waals surface area (Å²) >= 11 is 6.01. The second-order valence-corrected chi connectivity index (χ2v) is 6.72. The molecule has 0 radical (unpaired) electrons. The van der Waals surface area contributed by atoms with Crippen LogP contribution in [-0.2, 0) is 16.1 Å². The molecule has 3 rings (SSSR count). The number of benzene rings is 2. The summed E-state index contributed by atoms with van der Waals surface area (Å²) < 4.78 is 0. The number of hydrogen-bond donors (Lipinski definition) is 2. The Kier molecular flexibility index (Phi) is 7.66. The standard InChI is InChI=1S/C20H22ClN3O2.ClH/c1-2-22-13-14-5-3-7-16(11-14)23-19(25)18-9-10-24(20(18)26)17-8-4-6-15(21)12-17;/h3-8,11-12,18,22H,2,9-10,13H2,1H3,(H,23,25);1H. The molecule has 1 fully saturated rings. The van der Waals surface area contributed by atoms with Crippen LogP contribution in [0.5, 0.6) is 0 Å². The lowest BCUT2D eigenvalue weighted by molar-refractivity contribution is -0.129. The number of carbonyl (C=O) groups excluding carboxylic acids is 2. The van der Waals surface area contributed by atoms with Gasteiger partial charge in [0, 0.05) is 29.5 Å². The van der Waals surface area contributed by atoms with Crippen LogP contribution in [0.2, 0.25) is 5.02 Å². The van der Waals surface area contributed by atoms with Gasteiger partial charge in [-0.2, -0.15) is 0 Å². The molecule has 144 valence electrons. The van der Waals surface area contributed by atoms with Crippen molar-refractivity contribution in [3.05, 3.63) is 59.1 Å². The molecule has 5 nitrogen and oxygen atoms in total. The van der Waals surface area contributed by atoms with Crippen LogP contribution in [0, 0.1) is 5.92 Å². The van der Waals surface area contributed by atoms with Gasteiger partial charge in [-0.25, -0.2) is 0 Å². The van der Waals surface area contributed by atoms with Crippen LogP contribution < -0.4 is 15.5 Å². The Labute approximate surface area is 170 Å². The first-order valence-electron chi connectivity index (χ1n) is 8.76. The molecule has 2 aromatic rings. The summed E-state index contributed by atoms with van der Waals surface area (Å²) in [4.78, 5) is 26.9. The third-order valence-corrected chi connectivity index (χ3v) is 4.65. The first-order chi connectivity index (χ1) is 12.6. The number of anilines is 2. The lowest BCUT2D eigenvalue weighted by Gasteiger charge is -2.17. The molecule has 2 aromatic carbocycles. The van der Waals surface area contributed by atoms with E-state index in [0.29, 0.717) is 23.7 Å². The van der Waals surface area contributed by atoms with Gasteiger partial charge in [-0.3, -0.25) is 9.59 Å². The molecule has 0 aliphatic carbocycles. The summed E-state index contributed by atoms with van der Waals surface area (Å²) in [6, 6.07) is 14.8. The Bertz CT molecular complexity index is 813. The highest BCUT2D eigenvalue weighted by atomic mass is 35.5. The van der Waals surface area contributed by atoms with Gasteiger partial charge in [0.25, 0.3) is 0 Å². The maximum atomic E-state index is 12.7. The molecule has 1 aliphatic heterocycles. The van der Waals surface area contributed by atoms with E-state index in [-0.39, 0.29) is 24.2 Å². The van der Waals surface area contributed by atoms with E-state index in [1.807, 2.05) is 37.3 Å². The molecule has 1 unspecified atom stereocenters. The summed E-state index contributed by atoms with van der Waals surface area (Å²) in [6.45, 7) is 4.18. The maximum Gasteiger partial charge on any atom is 0.239 e. The average Bonchev–Trinajstić information content (AvgIpc) is 3.02. The quantitative estimate of drug-likeness (QED) is 0.714. The van der Waals surface area contributed by atoms with Crippen molar-refractivity contribution in [2.75, 3.05) is 23.3 Å². The van der Waals surface area contributed by atoms with E-state index >= 15 is 0 Å². The Morgan fingerprint density at radius 3 is 2.74 bits per heavy atom.